The van der Waals surface area contributed by atoms with Gasteiger partial charge in [-0.15, -0.1) is 40.5 Å². The molecular formula is C42H53IrN2O2S-. The largest absolute Gasteiger partial charge is 0.512 e. The number of pyridine rings is 1. The summed E-state index contributed by atoms with van der Waals surface area (Å²) in [6.07, 6.45) is 7.81. The van der Waals surface area contributed by atoms with E-state index in [1.54, 1.807) is 0 Å². The van der Waals surface area contributed by atoms with Crippen LogP contribution in [0.3, 0.4) is 0 Å². The third-order valence-corrected chi connectivity index (χ3v) is 9.97. The summed E-state index contributed by atoms with van der Waals surface area (Å²) in [6.45, 7) is 21.7. The Morgan fingerprint density at radius 3 is 2.12 bits per heavy atom. The molecule has 3 aromatic carbocycles. The van der Waals surface area contributed by atoms with Crippen molar-refractivity contribution in [2.75, 3.05) is 0 Å². The second-order valence-electron chi connectivity index (χ2n) is 14.9. The second kappa shape index (κ2) is 16.7. The van der Waals surface area contributed by atoms with Crippen LogP contribution in [0.5, 0.6) is 0 Å². The van der Waals surface area contributed by atoms with Gasteiger partial charge in [-0.1, -0.05) is 104 Å². The summed E-state index contributed by atoms with van der Waals surface area (Å²) in [5.41, 5.74) is 4.68. The van der Waals surface area contributed by atoms with Crippen molar-refractivity contribution in [3.05, 3.63) is 83.2 Å². The number of rotatable bonds is 9. The molecule has 4 nitrogen and oxygen atoms in total. The van der Waals surface area contributed by atoms with E-state index in [0.717, 1.165) is 59.7 Å². The number of carbonyl (C=O) groups excluding carboxylic acids is 1. The van der Waals surface area contributed by atoms with Crippen molar-refractivity contribution >= 4 is 48.9 Å². The zero-order chi connectivity index (χ0) is 34.5. The number of hydrogen-bond donors (Lipinski definition) is 1. The molecule has 0 atom stereocenters. The maximum atomic E-state index is 11.7. The molecule has 1 N–H and O–H groups in total. The summed E-state index contributed by atoms with van der Waals surface area (Å²) in [7, 11) is 0. The topological polar surface area (TPSA) is 63.1 Å². The Morgan fingerprint density at radius 1 is 0.875 bits per heavy atom. The molecular weight excluding hydrogens is 789 g/mol. The fourth-order valence-corrected chi connectivity index (χ4v) is 7.48. The molecule has 5 rings (SSSR count). The molecule has 2 heterocycles. The van der Waals surface area contributed by atoms with E-state index in [-0.39, 0.29) is 54.3 Å². The molecule has 0 aliphatic rings. The first-order chi connectivity index (χ1) is 22.2. The number of nitrogens with zero attached hydrogens (tertiary/aromatic N) is 2. The molecule has 0 aliphatic carbocycles. The predicted octanol–water partition coefficient (Wildman–Crippen LogP) is 12.2. The fourth-order valence-electron chi connectivity index (χ4n) is 6.19. The van der Waals surface area contributed by atoms with E-state index in [2.05, 4.69) is 96.1 Å². The Balaban J connectivity index is 0.000000334. The van der Waals surface area contributed by atoms with Gasteiger partial charge in [0.2, 0.25) is 0 Å². The minimum absolute atomic E-state index is 0. The Morgan fingerprint density at radius 2 is 1.52 bits per heavy atom. The second-order valence-corrected chi connectivity index (χ2v) is 16.0. The third kappa shape index (κ3) is 9.40. The summed E-state index contributed by atoms with van der Waals surface area (Å²) in [5, 5.41) is 15.7. The molecule has 0 saturated heterocycles. The molecule has 0 aliphatic heterocycles. The Labute approximate surface area is 305 Å². The molecule has 5 aromatic rings. The molecule has 0 bridgehead atoms. The number of ketones is 1. The van der Waals surface area contributed by atoms with Crippen molar-refractivity contribution in [3.63, 3.8) is 0 Å². The van der Waals surface area contributed by atoms with Crippen LogP contribution in [0.2, 0.25) is 0 Å². The van der Waals surface area contributed by atoms with Crippen molar-refractivity contribution in [1.82, 2.24) is 9.97 Å². The number of hydrogen-bond acceptors (Lipinski definition) is 5. The van der Waals surface area contributed by atoms with Gasteiger partial charge in [-0.05, 0) is 54.0 Å². The van der Waals surface area contributed by atoms with Crippen LogP contribution < -0.4 is 0 Å². The van der Waals surface area contributed by atoms with E-state index < -0.39 is 0 Å². The minimum Gasteiger partial charge on any atom is -0.512 e. The zero-order valence-electron chi connectivity index (χ0n) is 30.5. The van der Waals surface area contributed by atoms with Gasteiger partial charge in [0.05, 0.1) is 21.0 Å². The number of fused-ring (bicyclic) bond motifs is 4. The van der Waals surface area contributed by atoms with Gasteiger partial charge in [-0.3, -0.25) is 9.78 Å². The van der Waals surface area contributed by atoms with Gasteiger partial charge in [-0.2, -0.15) is 0 Å². The van der Waals surface area contributed by atoms with Crippen molar-refractivity contribution in [2.45, 2.75) is 107 Å². The zero-order valence-corrected chi connectivity index (χ0v) is 33.7. The van der Waals surface area contributed by atoms with Crippen LogP contribution in [0.1, 0.15) is 105 Å². The third-order valence-electron chi connectivity index (χ3n) is 8.95. The quantitative estimate of drug-likeness (QED) is 0.0912. The molecule has 259 valence electrons. The van der Waals surface area contributed by atoms with E-state index in [9.17, 15) is 9.90 Å². The van der Waals surface area contributed by atoms with Crippen LogP contribution in [0, 0.1) is 23.3 Å². The minimum atomic E-state index is 0. The van der Waals surface area contributed by atoms with Gasteiger partial charge < -0.3 is 5.11 Å². The summed E-state index contributed by atoms with van der Waals surface area (Å²) >= 11 is 1.81. The molecule has 2 aromatic heterocycles. The monoisotopic (exact) mass is 842 g/mol. The molecule has 1 radical (unpaired) electrons. The average molecular weight is 842 g/mol. The number of carbonyl (C=O) groups is 1. The van der Waals surface area contributed by atoms with Gasteiger partial charge in [-0.25, -0.2) is 4.98 Å². The van der Waals surface area contributed by atoms with E-state index in [1.807, 2.05) is 45.2 Å². The van der Waals surface area contributed by atoms with Gasteiger partial charge in [0.1, 0.15) is 0 Å². The standard InChI is InChI=1S/C29H29N2S.C13H24O2.Ir/c1-28(2,3)17-25-31-27-22-13-14-30-26(21(22)11-12-24(27)32-25)19-15-18-9-7-8-10-20(18)23(16-19)29(4,5)6;1-5-10(6-2)12(14)9-13(15)11(7-3)8-4;/h7-14,16H,17H2,1-6H3;9-11,14H,5-8H2,1-4H3;/q-1;;/b;12-9-;. The van der Waals surface area contributed by atoms with Crippen LogP contribution in [0.15, 0.2) is 66.6 Å². The predicted molar refractivity (Wildman–Crippen MR) is 202 cm³/mol. The molecule has 0 spiro atoms. The SMILES string of the molecule is CC(C)(C)Cc1nc2c(ccc3c(-c4[c-]c5ccccc5c(C(C)(C)C)c4)nccc32)s1.CCC(CC)C(=O)/C=C(\O)C(CC)CC.[Ir]. The van der Waals surface area contributed by atoms with Crippen LogP contribution in [0.25, 0.3) is 43.0 Å². The summed E-state index contributed by atoms with van der Waals surface area (Å²) in [6, 6.07) is 21.0. The van der Waals surface area contributed by atoms with Crippen molar-refractivity contribution in [2.24, 2.45) is 17.3 Å². The first-order valence-electron chi connectivity index (χ1n) is 17.3. The molecule has 0 fully saturated rings. The average Bonchev–Trinajstić information content (AvgIpc) is 3.42. The van der Waals surface area contributed by atoms with Gasteiger partial charge in [0, 0.05) is 61.7 Å². The summed E-state index contributed by atoms with van der Waals surface area (Å²) < 4.78 is 1.24. The van der Waals surface area contributed by atoms with Crippen LogP contribution in [-0.4, -0.2) is 20.9 Å². The molecule has 0 unspecified atom stereocenters. The Hall–Kier alpha value is -2.92. The Bertz CT molecular complexity index is 1870. The van der Waals surface area contributed by atoms with Crippen LogP contribution >= 0.6 is 11.3 Å². The van der Waals surface area contributed by atoms with Crippen LogP contribution in [-0.2, 0) is 36.7 Å². The van der Waals surface area contributed by atoms with E-state index in [4.69, 9.17) is 9.97 Å². The van der Waals surface area contributed by atoms with E-state index in [1.165, 1.54) is 32.1 Å². The normalized spacial score (nSPS) is 12.5. The number of allylic oxidation sites excluding steroid dienone is 2. The van der Waals surface area contributed by atoms with E-state index >= 15 is 0 Å². The van der Waals surface area contributed by atoms with Crippen LogP contribution in [0.4, 0.5) is 0 Å². The van der Waals surface area contributed by atoms with Gasteiger partial charge in [0.15, 0.2) is 5.78 Å². The Kier molecular flexibility index (Phi) is 13.7. The maximum absolute atomic E-state index is 11.7. The smallest absolute Gasteiger partial charge is 0.162 e. The maximum Gasteiger partial charge on any atom is 0.162 e. The number of aliphatic hydroxyl groups excluding tert-OH is 1. The van der Waals surface area contributed by atoms with Gasteiger partial charge >= 0.3 is 0 Å². The number of aromatic nitrogens is 2. The molecule has 0 saturated carbocycles. The molecule has 48 heavy (non-hydrogen) atoms. The fraction of sp³-hybridized carbons (Fsp3) is 0.452. The number of thiazole rings is 1. The van der Waals surface area contributed by atoms with Gasteiger partial charge in [0.25, 0.3) is 0 Å². The summed E-state index contributed by atoms with van der Waals surface area (Å²) in [4.78, 5) is 21.6. The number of benzene rings is 3. The molecule has 0 amide bonds. The number of aliphatic hydroxyl groups is 1. The van der Waals surface area contributed by atoms with Crippen molar-refractivity contribution in [3.8, 4) is 11.3 Å². The summed E-state index contributed by atoms with van der Waals surface area (Å²) in [5.74, 6) is 0.547. The van der Waals surface area contributed by atoms with E-state index in [0.29, 0.717) is 0 Å². The first kappa shape index (κ1) is 39.5. The van der Waals surface area contributed by atoms with Crippen molar-refractivity contribution in [1.29, 1.82) is 0 Å². The molecule has 6 heteroatoms. The van der Waals surface area contributed by atoms with Crippen molar-refractivity contribution < 1.29 is 30.0 Å². The first-order valence-corrected chi connectivity index (χ1v) is 18.1.